The number of methoxy groups -OCH3 is 1. The van der Waals surface area contributed by atoms with Gasteiger partial charge in [-0.1, -0.05) is 18.2 Å². The fourth-order valence-corrected chi connectivity index (χ4v) is 2.40. The van der Waals surface area contributed by atoms with Crippen molar-refractivity contribution in [2.45, 2.75) is 6.61 Å². The van der Waals surface area contributed by atoms with E-state index < -0.39 is 13.1 Å². The molecule has 0 aliphatic carbocycles. The van der Waals surface area contributed by atoms with Crippen LogP contribution in [0, 0.1) is 0 Å². The summed E-state index contributed by atoms with van der Waals surface area (Å²) in [6.45, 7) is 0.370. The Morgan fingerprint density at radius 3 is 2.71 bits per heavy atom. The lowest BCUT2D eigenvalue weighted by Crippen LogP contribution is -2.30. The van der Waals surface area contributed by atoms with Crippen molar-refractivity contribution in [2.24, 2.45) is 0 Å². The summed E-state index contributed by atoms with van der Waals surface area (Å²) >= 11 is 0. The second-order valence-corrected chi connectivity index (χ2v) is 4.78. The van der Waals surface area contributed by atoms with Crippen molar-refractivity contribution in [3.05, 3.63) is 47.5 Å². The monoisotopic (exact) mass is 284 g/mol. The molecule has 1 heterocycles. The van der Waals surface area contributed by atoms with Crippen molar-refractivity contribution in [3.8, 4) is 16.9 Å². The number of fused-ring (bicyclic) bond motifs is 3. The van der Waals surface area contributed by atoms with E-state index in [1.54, 1.807) is 36.4 Å². The zero-order chi connectivity index (χ0) is 15.0. The molecule has 2 N–H and O–H groups in total. The normalized spacial score (nSPS) is 12.0. The first kappa shape index (κ1) is 13.7. The van der Waals surface area contributed by atoms with E-state index in [1.165, 1.54) is 7.11 Å². The van der Waals surface area contributed by atoms with Crippen LogP contribution in [0.2, 0.25) is 0 Å². The van der Waals surface area contributed by atoms with E-state index in [2.05, 4.69) is 4.74 Å². The van der Waals surface area contributed by atoms with Gasteiger partial charge in [0.2, 0.25) is 0 Å². The summed E-state index contributed by atoms with van der Waals surface area (Å²) in [5, 5.41) is 18.6. The quantitative estimate of drug-likeness (QED) is 0.627. The lowest BCUT2D eigenvalue weighted by Gasteiger charge is -2.22. The molecule has 2 aromatic carbocycles. The molecule has 21 heavy (non-hydrogen) atoms. The number of ether oxygens (including phenoxy) is 2. The first-order chi connectivity index (χ1) is 10.1. The fraction of sp³-hybridized carbons (Fsp3) is 0.133. The Morgan fingerprint density at radius 1 is 1.19 bits per heavy atom. The van der Waals surface area contributed by atoms with Crippen molar-refractivity contribution < 1.29 is 24.3 Å². The van der Waals surface area contributed by atoms with Crippen molar-refractivity contribution in [1.82, 2.24) is 0 Å². The molecular weight excluding hydrogens is 271 g/mol. The predicted molar refractivity (Wildman–Crippen MR) is 77.4 cm³/mol. The van der Waals surface area contributed by atoms with Crippen LogP contribution in [-0.4, -0.2) is 30.2 Å². The Hall–Kier alpha value is -2.31. The minimum atomic E-state index is -1.52. The summed E-state index contributed by atoms with van der Waals surface area (Å²) in [4.78, 5) is 11.5. The molecule has 1 aliphatic heterocycles. The highest BCUT2D eigenvalue weighted by atomic mass is 16.5. The maximum Gasteiger partial charge on any atom is 0.488 e. The van der Waals surface area contributed by atoms with E-state index in [0.29, 0.717) is 23.4 Å². The summed E-state index contributed by atoms with van der Waals surface area (Å²) in [5.74, 6) is 0.154. The molecule has 6 heteroatoms. The summed E-state index contributed by atoms with van der Waals surface area (Å²) in [6.07, 6.45) is 0. The van der Waals surface area contributed by atoms with Gasteiger partial charge in [0.05, 0.1) is 12.7 Å². The van der Waals surface area contributed by atoms with Crippen LogP contribution in [0.15, 0.2) is 36.4 Å². The molecular formula is C15H13BO5. The molecule has 106 valence electrons. The molecule has 0 saturated heterocycles. The zero-order valence-electron chi connectivity index (χ0n) is 11.4. The SMILES string of the molecule is COC(=O)c1ccc2c(c1)OCc1ccc(B(O)O)cc1-2. The van der Waals surface area contributed by atoms with Gasteiger partial charge in [0, 0.05) is 5.56 Å². The number of esters is 1. The Balaban J connectivity index is 2.09. The third-order valence-corrected chi connectivity index (χ3v) is 3.51. The van der Waals surface area contributed by atoms with Crippen LogP contribution in [0.1, 0.15) is 15.9 Å². The van der Waals surface area contributed by atoms with E-state index in [4.69, 9.17) is 4.74 Å². The second-order valence-electron chi connectivity index (χ2n) is 4.78. The van der Waals surface area contributed by atoms with E-state index in [-0.39, 0.29) is 0 Å². The summed E-state index contributed by atoms with van der Waals surface area (Å²) < 4.78 is 10.3. The molecule has 0 saturated carbocycles. The molecule has 0 radical (unpaired) electrons. The van der Waals surface area contributed by atoms with E-state index in [0.717, 1.165) is 16.7 Å². The van der Waals surface area contributed by atoms with Gasteiger partial charge in [-0.05, 0) is 34.8 Å². The van der Waals surface area contributed by atoms with Gasteiger partial charge >= 0.3 is 13.1 Å². The van der Waals surface area contributed by atoms with E-state index in [9.17, 15) is 14.8 Å². The van der Waals surface area contributed by atoms with Gasteiger partial charge in [-0.3, -0.25) is 0 Å². The highest BCUT2D eigenvalue weighted by molar-refractivity contribution is 6.58. The first-order valence-electron chi connectivity index (χ1n) is 6.44. The minimum absolute atomic E-state index is 0.370. The molecule has 2 aromatic rings. The second kappa shape index (κ2) is 5.23. The van der Waals surface area contributed by atoms with Crippen LogP contribution in [0.3, 0.4) is 0 Å². The summed E-state index contributed by atoms with van der Waals surface area (Å²) in [7, 11) is -0.191. The highest BCUT2D eigenvalue weighted by Crippen LogP contribution is 2.37. The van der Waals surface area contributed by atoms with Gasteiger partial charge in [0.25, 0.3) is 0 Å². The van der Waals surface area contributed by atoms with Crippen LogP contribution >= 0.6 is 0 Å². The topological polar surface area (TPSA) is 76.0 Å². The Kier molecular flexibility index (Phi) is 3.41. The molecule has 5 nitrogen and oxygen atoms in total. The molecule has 0 bridgehead atoms. The van der Waals surface area contributed by atoms with Crippen molar-refractivity contribution >= 4 is 18.6 Å². The largest absolute Gasteiger partial charge is 0.488 e. The molecule has 3 rings (SSSR count). The molecule has 0 spiro atoms. The van der Waals surface area contributed by atoms with Gasteiger partial charge in [0.1, 0.15) is 12.4 Å². The van der Waals surface area contributed by atoms with Crippen LogP contribution < -0.4 is 10.2 Å². The van der Waals surface area contributed by atoms with Crippen molar-refractivity contribution in [2.75, 3.05) is 7.11 Å². The van der Waals surface area contributed by atoms with Crippen LogP contribution in [0.5, 0.6) is 5.75 Å². The minimum Gasteiger partial charge on any atom is -0.488 e. The lowest BCUT2D eigenvalue weighted by atomic mass is 9.78. The van der Waals surface area contributed by atoms with Crippen LogP contribution in [0.25, 0.3) is 11.1 Å². The van der Waals surface area contributed by atoms with Gasteiger partial charge in [-0.15, -0.1) is 0 Å². The number of hydrogen-bond acceptors (Lipinski definition) is 5. The Labute approximate surface area is 121 Å². The van der Waals surface area contributed by atoms with E-state index >= 15 is 0 Å². The Bertz CT molecular complexity index is 711. The average molecular weight is 284 g/mol. The molecule has 0 unspecified atom stereocenters. The van der Waals surface area contributed by atoms with Gasteiger partial charge in [0.15, 0.2) is 0 Å². The van der Waals surface area contributed by atoms with Crippen LogP contribution in [0.4, 0.5) is 0 Å². The molecule has 1 aliphatic rings. The van der Waals surface area contributed by atoms with E-state index in [1.807, 2.05) is 0 Å². The molecule has 0 fully saturated rings. The standard InChI is InChI=1S/C15H13BO5/c1-20-15(17)9-3-5-12-13-7-11(16(18)19)4-2-10(13)8-21-14(12)6-9/h2-7,18-19H,8H2,1H3. The highest BCUT2D eigenvalue weighted by Gasteiger charge is 2.21. The maximum atomic E-state index is 11.5. The summed E-state index contributed by atoms with van der Waals surface area (Å²) in [6, 6.07) is 10.2. The first-order valence-corrected chi connectivity index (χ1v) is 6.44. The number of hydrogen-bond donors (Lipinski definition) is 2. The van der Waals surface area contributed by atoms with Crippen molar-refractivity contribution in [3.63, 3.8) is 0 Å². The maximum absolute atomic E-state index is 11.5. The fourth-order valence-electron chi connectivity index (χ4n) is 2.40. The van der Waals surface area contributed by atoms with Crippen molar-refractivity contribution in [1.29, 1.82) is 0 Å². The molecule has 0 amide bonds. The van der Waals surface area contributed by atoms with Gasteiger partial charge in [-0.2, -0.15) is 0 Å². The third kappa shape index (κ3) is 2.39. The third-order valence-electron chi connectivity index (χ3n) is 3.51. The number of rotatable bonds is 2. The van der Waals surface area contributed by atoms with Gasteiger partial charge in [-0.25, -0.2) is 4.79 Å². The lowest BCUT2D eigenvalue weighted by molar-refractivity contribution is 0.0600. The van der Waals surface area contributed by atoms with Gasteiger partial charge < -0.3 is 19.5 Å². The Morgan fingerprint density at radius 2 is 2.00 bits per heavy atom. The number of benzene rings is 2. The van der Waals surface area contributed by atoms with Crippen LogP contribution in [-0.2, 0) is 11.3 Å². The average Bonchev–Trinajstić information content (AvgIpc) is 2.52. The zero-order valence-corrected chi connectivity index (χ0v) is 11.4. The number of carbonyl (C=O) groups excluding carboxylic acids is 1. The molecule has 0 aromatic heterocycles. The predicted octanol–water partition coefficient (Wildman–Crippen LogP) is 0.712. The smallest absolute Gasteiger partial charge is 0.488 e. The number of carbonyl (C=O) groups is 1. The summed E-state index contributed by atoms with van der Waals surface area (Å²) in [5.41, 5.74) is 3.47. The molecule has 0 atom stereocenters.